The zero-order valence-corrected chi connectivity index (χ0v) is 9.99. The summed E-state index contributed by atoms with van der Waals surface area (Å²) in [6, 6.07) is -0.0914. The van der Waals surface area contributed by atoms with Crippen molar-refractivity contribution in [3.05, 3.63) is 0 Å². The third kappa shape index (κ3) is 3.18. The van der Waals surface area contributed by atoms with E-state index < -0.39 is 0 Å². The summed E-state index contributed by atoms with van der Waals surface area (Å²) < 4.78 is 5.05. The molecular formula is C11H21NO3. The van der Waals surface area contributed by atoms with Gasteiger partial charge in [-0.05, 0) is 40.5 Å². The first-order chi connectivity index (χ1) is 6.83. The van der Waals surface area contributed by atoms with E-state index >= 15 is 0 Å². The average molecular weight is 215 g/mol. The number of nitrogens with zero attached hydrogens (tertiary/aromatic N) is 1. The third-order valence-electron chi connectivity index (χ3n) is 2.82. The summed E-state index contributed by atoms with van der Waals surface area (Å²) in [6.07, 6.45) is 1.94. The molecule has 1 atom stereocenters. The first-order valence-corrected chi connectivity index (χ1v) is 5.50. The molecule has 0 aromatic rings. The maximum atomic E-state index is 11.4. The highest BCUT2D eigenvalue weighted by molar-refractivity contribution is 5.70. The van der Waals surface area contributed by atoms with Crippen molar-refractivity contribution >= 4 is 5.97 Å². The molecular weight excluding hydrogens is 194 g/mol. The van der Waals surface area contributed by atoms with E-state index in [1.165, 1.54) is 5.06 Å². The van der Waals surface area contributed by atoms with Crippen LogP contribution in [0.2, 0.25) is 0 Å². The van der Waals surface area contributed by atoms with E-state index in [4.69, 9.17) is 4.74 Å². The summed E-state index contributed by atoms with van der Waals surface area (Å²) in [5.74, 6) is -0.230. The van der Waals surface area contributed by atoms with E-state index in [0.717, 1.165) is 12.8 Å². The van der Waals surface area contributed by atoms with Crippen LogP contribution in [0.25, 0.3) is 0 Å². The van der Waals surface area contributed by atoms with Crippen LogP contribution < -0.4 is 0 Å². The molecule has 0 spiro atoms. The lowest BCUT2D eigenvalue weighted by molar-refractivity contribution is -0.175. The molecule has 4 heteroatoms. The fourth-order valence-corrected chi connectivity index (χ4v) is 1.94. The molecule has 1 fully saturated rings. The van der Waals surface area contributed by atoms with Gasteiger partial charge in [0.25, 0.3) is 0 Å². The van der Waals surface area contributed by atoms with Crippen LogP contribution in [0.3, 0.4) is 0 Å². The molecule has 15 heavy (non-hydrogen) atoms. The van der Waals surface area contributed by atoms with Crippen molar-refractivity contribution in [2.75, 3.05) is 0 Å². The quantitative estimate of drug-likeness (QED) is 0.731. The summed E-state index contributed by atoms with van der Waals surface area (Å²) in [5.41, 5.74) is -0.219. The molecule has 4 nitrogen and oxygen atoms in total. The van der Waals surface area contributed by atoms with Crippen LogP contribution in [0.1, 0.15) is 47.0 Å². The minimum absolute atomic E-state index is 0.0842. The monoisotopic (exact) mass is 215 g/mol. The van der Waals surface area contributed by atoms with Gasteiger partial charge in [-0.15, -0.1) is 0 Å². The van der Waals surface area contributed by atoms with E-state index in [0.29, 0.717) is 0 Å². The Kier molecular flexibility index (Phi) is 3.73. The van der Waals surface area contributed by atoms with Crippen LogP contribution in [0, 0.1) is 0 Å². The molecule has 1 saturated heterocycles. The first kappa shape index (κ1) is 12.5. The van der Waals surface area contributed by atoms with E-state index in [9.17, 15) is 10.0 Å². The van der Waals surface area contributed by atoms with E-state index in [1.54, 1.807) is 0 Å². The Morgan fingerprint density at radius 2 is 2.20 bits per heavy atom. The van der Waals surface area contributed by atoms with Crippen molar-refractivity contribution in [2.45, 2.75) is 64.6 Å². The normalized spacial score (nSPS) is 25.9. The zero-order chi connectivity index (χ0) is 11.6. The zero-order valence-electron chi connectivity index (χ0n) is 9.99. The molecule has 1 heterocycles. The molecule has 0 saturated carbocycles. The molecule has 0 bridgehead atoms. The van der Waals surface area contributed by atoms with Crippen LogP contribution in [0.5, 0.6) is 0 Å². The molecule has 1 aliphatic rings. The van der Waals surface area contributed by atoms with Crippen LogP contribution in [0.15, 0.2) is 0 Å². The first-order valence-electron chi connectivity index (χ1n) is 5.50. The third-order valence-corrected chi connectivity index (χ3v) is 2.82. The van der Waals surface area contributed by atoms with Gasteiger partial charge in [0, 0.05) is 11.6 Å². The molecule has 1 aliphatic heterocycles. The highest BCUT2D eigenvalue weighted by Gasteiger charge is 2.39. The minimum atomic E-state index is -0.230. The minimum Gasteiger partial charge on any atom is -0.463 e. The van der Waals surface area contributed by atoms with Gasteiger partial charge in [-0.2, -0.15) is 5.06 Å². The molecule has 0 amide bonds. The van der Waals surface area contributed by atoms with Crippen LogP contribution in [-0.2, 0) is 9.53 Å². The molecule has 88 valence electrons. The Balaban J connectivity index is 2.44. The van der Waals surface area contributed by atoms with Crippen LogP contribution in [-0.4, -0.2) is 33.9 Å². The number of carbonyl (C=O) groups excluding carboxylic acids is 1. The Labute approximate surface area is 91.2 Å². The lowest BCUT2D eigenvalue weighted by Crippen LogP contribution is -2.41. The van der Waals surface area contributed by atoms with Crippen molar-refractivity contribution in [2.24, 2.45) is 0 Å². The summed E-state index contributed by atoms with van der Waals surface area (Å²) >= 11 is 0. The van der Waals surface area contributed by atoms with Gasteiger partial charge in [0.2, 0.25) is 0 Å². The van der Waals surface area contributed by atoms with Gasteiger partial charge < -0.3 is 9.94 Å². The van der Waals surface area contributed by atoms with Crippen LogP contribution >= 0.6 is 0 Å². The van der Waals surface area contributed by atoms with Crippen molar-refractivity contribution in [1.29, 1.82) is 0 Å². The Morgan fingerprint density at radius 1 is 1.60 bits per heavy atom. The van der Waals surface area contributed by atoms with Gasteiger partial charge in [-0.25, -0.2) is 0 Å². The number of hydrogen-bond acceptors (Lipinski definition) is 4. The molecule has 0 aromatic heterocycles. The molecule has 0 aliphatic carbocycles. The van der Waals surface area contributed by atoms with E-state index in [-0.39, 0.29) is 30.1 Å². The number of ether oxygens (including phenoxy) is 1. The average Bonchev–Trinajstić information content (AvgIpc) is 2.30. The number of hydroxylamine groups is 2. The SMILES string of the molecule is CC(C)OC(=O)CC1CCC(C)(C)N1O. The second-order valence-corrected chi connectivity index (χ2v) is 5.09. The van der Waals surface area contributed by atoms with Crippen LogP contribution in [0.4, 0.5) is 0 Å². The highest BCUT2D eigenvalue weighted by atomic mass is 16.5. The fraction of sp³-hybridized carbons (Fsp3) is 0.909. The summed E-state index contributed by atoms with van der Waals surface area (Å²) in [7, 11) is 0. The van der Waals surface area contributed by atoms with Crippen molar-refractivity contribution < 1.29 is 14.7 Å². The molecule has 0 radical (unpaired) electrons. The molecule has 1 unspecified atom stereocenters. The Hall–Kier alpha value is -0.610. The summed E-state index contributed by atoms with van der Waals surface area (Å²) in [6.45, 7) is 7.60. The van der Waals surface area contributed by atoms with E-state index in [2.05, 4.69) is 0 Å². The number of hydrogen-bond donors (Lipinski definition) is 1. The van der Waals surface area contributed by atoms with Gasteiger partial charge in [-0.3, -0.25) is 4.79 Å². The molecule has 1 N–H and O–H groups in total. The molecule has 0 aromatic carbocycles. The Bertz CT molecular complexity index is 238. The smallest absolute Gasteiger partial charge is 0.307 e. The van der Waals surface area contributed by atoms with Gasteiger partial charge in [0.05, 0.1) is 12.5 Å². The van der Waals surface area contributed by atoms with Gasteiger partial charge >= 0.3 is 5.97 Å². The fourth-order valence-electron chi connectivity index (χ4n) is 1.94. The predicted octanol–water partition coefficient (Wildman–Crippen LogP) is 1.96. The lowest BCUT2D eigenvalue weighted by Gasteiger charge is -2.29. The summed E-state index contributed by atoms with van der Waals surface area (Å²) in [5, 5.41) is 11.1. The highest BCUT2D eigenvalue weighted by Crippen LogP contribution is 2.32. The van der Waals surface area contributed by atoms with Gasteiger partial charge in [0.15, 0.2) is 0 Å². The Morgan fingerprint density at radius 3 is 2.60 bits per heavy atom. The largest absolute Gasteiger partial charge is 0.463 e. The number of rotatable bonds is 3. The number of carbonyl (C=O) groups is 1. The van der Waals surface area contributed by atoms with Gasteiger partial charge in [-0.1, -0.05) is 0 Å². The topological polar surface area (TPSA) is 49.8 Å². The van der Waals surface area contributed by atoms with Crippen molar-refractivity contribution in [3.63, 3.8) is 0 Å². The second-order valence-electron chi connectivity index (χ2n) is 5.09. The molecule has 1 rings (SSSR count). The maximum absolute atomic E-state index is 11.4. The summed E-state index contributed by atoms with van der Waals surface area (Å²) in [4.78, 5) is 11.4. The second kappa shape index (κ2) is 4.49. The van der Waals surface area contributed by atoms with Crippen molar-refractivity contribution in [1.82, 2.24) is 5.06 Å². The standard InChI is InChI=1S/C11H21NO3/c1-8(2)15-10(13)7-9-5-6-11(3,4)12(9)14/h8-9,14H,5-7H2,1-4H3. The van der Waals surface area contributed by atoms with Crippen molar-refractivity contribution in [3.8, 4) is 0 Å². The van der Waals surface area contributed by atoms with Gasteiger partial charge in [0.1, 0.15) is 0 Å². The number of esters is 1. The maximum Gasteiger partial charge on any atom is 0.307 e. The van der Waals surface area contributed by atoms with E-state index in [1.807, 2.05) is 27.7 Å². The lowest BCUT2D eigenvalue weighted by atomic mass is 10.0. The predicted molar refractivity (Wildman–Crippen MR) is 56.6 cm³/mol.